The number of nitrogens with zero attached hydrogens (tertiary/aromatic N) is 1. The average Bonchev–Trinajstić information content (AvgIpc) is 2.12. The number of hydrogen-bond donors (Lipinski definition) is 0. The number of rotatable bonds is 2. The second-order valence-corrected chi connectivity index (χ2v) is 6.17. The van der Waals surface area contributed by atoms with E-state index in [0.717, 1.165) is 13.1 Å². The Hall–Kier alpha value is 0. The maximum absolute atomic E-state index is 11.0. The van der Waals surface area contributed by atoms with Gasteiger partial charge >= 0.3 is 6.09 Å². The van der Waals surface area contributed by atoms with Gasteiger partial charge in [0.1, 0.15) is 6.61 Å². The highest BCUT2D eigenvalue weighted by molar-refractivity contribution is 14.1. The molecule has 11 heavy (non-hydrogen) atoms. The number of carbonyl (C=O) groups excluding carboxylic acids is 1. The smallest absolute Gasteiger partial charge is 0.409 e. The lowest BCUT2D eigenvalue weighted by Crippen LogP contribution is -2.35. The van der Waals surface area contributed by atoms with Crippen molar-refractivity contribution >= 4 is 28.7 Å². The number of carbonyl (C=O) groups is 1. The topological polar surface area (TPSA) is 29.5 Å². The summed E-state index contributed by atoms with van der Waals surface area (Å²) in [7, 11) is 0. The van der Waals surface area contributed by atoms with Crippen molar-refractivity contribution in [3.05, 3.63) is 0 Å². The molecule has 1 heterocycles. The van der Waals surface area contributed by atoms with Gasteiger partial charge in [0.25, 0.3) is 0 Å². The fourth-order valence-corrected chi connectivity index (χ4v) is 1.43. The van der Waals surface area contributed by atoms with E-state index in [1.165, 1.54) is 0 Å². The van der Waals surface area contributed by atoms with Crippen LogP contribution in [0, 0.1) is 0 Å². The lowest BCUT2D eigenvalue weighted by molar-refractivity contribution is 0.157. The van der Waals surface area contributed by atoms with Crippen LogP contribution in [0.1, 0.15) is 13.8 Å². The largest absolute Gasteiger partial charge is 0.448 e. The second-order valence-electron chi connectivity index (χ2n) is 3.25. The van der Waals surface area contributed by atoms with E-state index in [2.05, 4.69) is 36.4 Å². The zero-order valence-electron chi connectivity index (χ0n) is 6.76. The van der Waals surface area contributed by atoms with Crippen LogP contribution in [0.2, 0.25) is 0 Å². The van der Waals surface area contributed by atoms with Crippen LogP contribution in [0.15, 0.2) is 0 Å². The Bertz CT molecular complexity index is 164. The first-order chi connectivity index (χ1) is 4.99. The van der Waals surface area contributed by atoms with Crippen molar-refractivity contribution < 1.29 is 9.53 Å². The van der Waals surface area contributed by atoms with Crippen molar-refractivity contribution in [2.75, 3.05) is 19.7 Å². The van der Waals surface area contributed by atoms with Gasteiger partial charge in [-0.2, -0.15) is 0 Å². The first kappa shape index (κ1) is 9.09. The van der Waals surface area contributed by atoms with Crippen molar-refractivity contribution in [1.29, 1.82) is 0 Å². The normalized spacial score (nSPS) is 18.8. The Morgan fingerprint density at radius 1 is 1.73 bits per heavy atom. The third-order valence-electron chi connectivity index (χ3n) is 1.41. The number of hydrogen-bond acceptors (Lipinski definition) is 2. The van der Waals surface area contributed by atoms with Gasteiger partial charge in [-0.25, -0.2) is 4.79 Å². The second kappa shape index (κ2) is 3.16. The summed E-state index contributed by atoms with van der Waals surface area (Å²) >= 11 is 2.33. The Kier molecular flexibility index (Phi) is 2.61. The lowest BCUT2D eigenvalue weighted by atomic mass is 10.2. The van der Waals surface area contributed by atoms with E-state index in [1.54, 1.807) is 4.90 Å². The summed E-state index contributed by atoms with van der Waals surface area (Å²) in [5.41, 5.74) is 0. The standard InChI is InChI=1S/C7H12INO2/c1-7(2,8)5-9-3-4-11-6(9)10/h3-5H2,1-2H3. The predicted molar refractivity (Wildman–Crippen MR) is 51.0 cm³/mol. The SMILES string of the molecule is CC(C)(I)CN1CCOC1=O. The molecule has 0 spiro atoms. The van der Waals surface area contributed by atoms with Crippen LogP contribution in [0.4, 0.5) is 4.79 Å². The minimum absolute atomic E-state index is 0.140. The molecule has 1 aliphatic rings. The number of cyclic esters (lactones) is 1. The van der Waals surface area contributed by atoms with Gasteiger partial charge in [-0.3, -0.25) is 0 Å². The van der Waals surface area contributed by atoms with Gasteiger partial charge in [0, 0.05) is 9.97 Å². The van der Waals surface area contributed by atoms with E-state index in [0.29, 0.717) is 6.61 Å². The van der Waals surface area contributed by atoms with Gasteiger partial charge in [0.2, 0.25) is 0 Å². The molecule has 0 unspecified atom stereocenters. The Labute approximate surface area is 80.2 Å². The molecule has 4 heteroatoms. The van der Waals surface area contributed by atoms with Crippen LogP contribution in [0.5, 0.6) is 0 Å². The van der Waals surface area contributed by atoms with Crippen LogP contribution >= 0.6 is 22.6 Å². The van der Waals surface area contributed by atoms with Crippen LogP contribution < -0.4 is 0 Å². The highest BCUT2D eigenvalue weighted by atomic mass is 127. The molecule has 1 aliphatic heterocycles. The molecule has 1 fully saturated rings. The quantitative estimate of drug-likeness (QED) is 0.563. The molecule has 1 amide bonds. The molecule has 0 atom stereocenters. The monoisotopic (exact) mass is 269 g/mol. The predicted octanol–water partition coefficient (Wildman–Crippen LogP) is 1.65. The highest BCUT2D eigenvalue weighted by Gasteiger charge is 2.27. The molecule has 0 radical (unpaired) electrons. The molecule has 0 aromatic rings. The molecule has 64 valence electrons. The van der Waals surface area contributed by atoms with Gasteiger partial charge in [-0.15, -0.1) is 0 Å². The maximum atomic E-state index is 11.0. The molecule has 3 nitrogen and oxygen atoms in total. The van der Waals surface area contributed by atoms with E-state index in [9.17, 15) is 4.79 Å². The molecule has 0 aromatic heterocycles. The van der Waals surface area contributed by atoms with Gasteiger partial charge < -0.3 is 9.64 Å². The van der Waals surface area contributed by atoms with Crippen molar-refractivity contribution in [1.82, 2.24) is 4.90 Å². The van der Waals surface area contributed by atoms with E-state index < -0.39 is 0 Å². The molecule has 1 rings (SSSR count). The Balaban J connectivity index is 2.43. The third kappa shape index (κ3) is 2.84. The molecular weight excluding hydrogens is 257 g/mol. The third-order valence-corrected chi connectivity index (χ3v) is 1.75. The van der Waals surface area contributed by atoms with E-state index in [-0.39, 0.29) is 9.51 Å². The number of amides is 1. The van der Waals surface area contributed by atoms with E-state index >= 15 is 0 Å². The highest BCUT2D eigenvalue weighted by Crippen LogP contribution is 2.19. The van der Waals surface area contributed by atoms with Gasteiger partial charge in [-0.05, 0) is 13.8 Å². The van der Waals surface area contributed by atoms with Crippen molar-refractivity contribution in [3.63, 3.8) is 0 Å². The summed E-state index contributed by atoms with van der Waals surface area (Å²) in [6.07, 6.45) is -0.172. The first-order valence-corrected chi connectivity index (χ1v) is 4.67. The summed E-state index contributed by atoms with van der Waals surface area (Å²) in [5.74, 6) is 0. The summed E-state index contributed by atoms with van der Waals surface area (Å²) in [5, 5.41) is 0. The molecule has 0 aliphatic carbocycles. The summed E-state index contributed by atoms with van der Waals surface area (Å²) in [6.45, 7) is 6.25. The van der Waals surface area contributed by atoms with Crippen LogP contribution in [-0.2, 0) is 4.74 Å². The number of ether oxygens (including phenoxy) is 1. The van der Waals surface area contributed by atoms with Crippen molar-refractivity contribution in [2.45, 2.75) is 17.3 Å². The fraction of sp³-hybridized carbons (Fsp3) is 0.857. The van der Waals surface area contributed by atoms with Gasteiger partial charge in [0.15, 0.2) is 0 Å². The van der Waals surface area contributed by atoms with E-state index in [4.69, 9.17) is 4.74 Å². The summed E-state index contributed by atoms with van der Waals surface area (Å²) < 4.78 is 4.93. The Morgan fingerprint density at radius 2 is 2.36 bits per heavy atom. The van der Waals surface area contributed by atoms with Gasteiger partial charge in [-0.1, -0.05) is 22.6 Å². The first-order valence-electron chi connectivity index (χ1n) is 3.60. The fourth-order valence-electron chi connectivity index (χ4n) is 1.02. The molecule has 0 saturated carbocycles. The van der Waals surface area contributed by atoms with Crippen LogP contribution in [-0.4, -0.2) is 34.1 Å². The number of halogens is 1. The molecule has 1 saturated heterocycles. The zero-order chi connectivity index (χ0) is 8.48. The summed E-state index contributed by atoms with van der Waals surface area (Å²) in [4.78, 5) is 12.7. The maximum Gasteiger partial charge on any atom is 0.409 e. The van der Waals surface area contributed by atoms with Crippen LogP contribution in [0.3, 0.4) is 0 Å². The molecule has 0 aromatic carbocycles. The molecular formula is C7H12INO2. The van der Waals surface area contributed by atoms with Crippen LogP contribution in [0.25, 0.3) is 0 Å². The van der Waals surface area contributed by atoms with Gasteiger partial charge in [0.05, 0.1) is 6.54 Å². The molecule has 0 bridgehead atoms. The Morgan fingerprint density at radius 3 is 2.73 bits per heavy atom. The molecule has 0 N–H and O–H groups in total. The van der Waals surface area contributed by atoms with Crippen molar-refractivity contribution in [3.8, 4) is 0 Å². The zero-order valence-corrected chi connectivity index (χ0v) is 8.92. The minimum atomic E-state index is -0.172. The minimum Gasteiger partial charge on any atom is -0.448 e. The van der Waals surface area contributed by atoms with E-state index in [1.807, 2.05) is 0 Å². The summed E-state index contributed by atoms with van der Waals surface area (Å²) in [6, 6.07) is 0. The average molecular weight is 269 g/mol. The number of alkyl halides is 1. The van der Waals surface area contributed by atoms with Crippen molar-refractivity contribution in [2.24, 2.45) is 0 Å². The lowest BCUT2D eigenvalue weighted by Gasteiger charge is -2.22.